The minimum Gasteiger partial charge on any atom is -0.497 e. The molecule has 0 aliphatic carbocycles. The number of carboxylic acids is 1. The van der Waals surface area contributed by atoms with Gasteiger partial charge in [-0.05, 0) is 19.1 Å². The molecule has 110 valence electrons. The fourth-order valence-corrected chi connectivity index (χ4v) is 1.79. The van der Waals surface area contributed by atoms with Crippen molar-refractivity contribution >= 4 is 11.9 Å². The van der Waals surface area contributed by atoms with Crippen molar-refractivity contribution in [2.75, 3.05) is 14.2 Å². The van der Waals surface area contributed by atoms with Gasteiger partial charge in [0.05, 0.1) is 26.7 Å². The van der Waals surface area contributed by atoms with E-state index in [0.29, 0.717) is 11.5 Å². The number of hydrogen-bond acceptors (Lipinski definition) is 4. The second-order valence-electron chi connectivity index (χ2n) is 4.29. The molecule has 1 amide bonds. The molecule has 0 saturated carbocycles. The zero-order valence-electron chi connectivity index (χ0n) is 11.8. The number of carbonyl (C=O) groups is 2. The van der Waals surface area contributed by atoms with Crippen LogP contribution in [0.5, 0.6) is 11.5 Å². The summed E-state index contributed by atoms with van der Waals surface area (Å²) in [7, 11) is 3.10. The Balaban J connectivity index is 2.73. The molecule has 0 spiro atoms. The van der Waals surface area contributed by atoms with Gasteiger partial charge in [-0.1, -0.05) is 0 Å². The average molecular weight is 281 g/mol. The maximum Gasteiger partial charge on any atom is 0.303 e. The number of carbonyl (C=O) groups excluding carboxylic acids is 1. The van der Waals surface area contributed by atoms with Crippen LogP contribution in [0.25, 0.3) is 0 Å². The molecule has 1 aromatic carbocycles. The predicted molar refractivity (Wildman–Crippen MR) is 73.0 cm³/mol. The van der Waals surface area contributed by atoms with Crippen molar-refractivity contribution in [2.45, 2.75) is 25.8 Å². The number of methoxy groups -OCH3 is 2. The smallest absolute Gasteiger partial charge is 0.303 e. The van der Waals surface area contributed by atoms with Gasteiger partial charge in [0.15, 0.2) is 0 Å². The van der Waals surface area contributed by atoms with E-state index in [4.69, 9.17) is 14.6 Å². The summed E-state index contributed by atoms with van der Waals surface area (Å²) in [4.78, 5) is 22.0. The zero-order valence-corrected chi connectivity index (χ0v) is 11.8. The fourth-order valence-electron chi connectivity index (χ4n) is 1.79. The number of amides is 1. The van der Waals surface area contributed by atoms with Gasteiger partial charge in [0.1, 0.15) is 11.5 Å². The molecule has 0 bridgehead atoms. The summed E-state index contributed by atoms with van der Waals surface area (Å²) in [5.41, 5.74) is 0.803. The Hall–Kier alpha value is -2.24. The lowest BCUT2D eigenvalue weighted by atomic mass is 10.1. The van der Waals surface area contributed by atoms with Crippen molar-refractivity contribution < 1.29 is 24.2 Å². The van der Waals surface area contributed by atoms with Crippen LogP contribution in [0.15, 0.2) is 18.2 Å². The average Bonchev–Trinajstić information content (AvgIpc) is 2.44. The van der Waals surface area contributed by atoms with Crippen LogP contribution in [0.2, 0.25) is 0 Å². The standard InChI is InChI=1S/C14H19NO5/c1-9(15-13(16)6-7-14(17)18)11-5-4-10(19-2)8-12(11)20-3/h4-5,8-9H,6-7H2,1-3H3,(H,15,16)(H,17,18). The Kier molecular flexibility index (Phi) is 5.83. The Morgan fingerprint density at radius 2 is 1.95 bits per heavy atom. The molecule has 1 aromatic rings. The van der Waals surface area contributed by atoms with E-state index in [-0.39, 0.29) is 24.8 Å². The van der Waals surface area contributed by atoms with Gasteiger partial charge in [-0.15, -0.1) is 0 Å². The number of rotatable bonds is 7. The summed E-state index contributed by atoms with van der Waals surface area (Å²) in [6.45, 7) is 1.81. The first kappa shape index (κ1) is 15.8. The van der Waals surface area contributed by atoms with Gasteiger partial charge in [-0.2, -0.15) is 0 Å². The van der Waals surface area contributed by atoms with Crippen molar-refractivity contribution in [3.8, 4) is 11.5 Å². The van der Waals surface area contributed by atoms with Gasteiger partial charge in [0.25, 0.3) is 0 Å². The molecular weight excluding hydrogens is 262 g/mol. The van der Waals surface area contributed by atoms with Crippen molar-refractivity contribution in [3.05, 3.63) is 23.8 Å². The Bertz CT molecular complexity index is 486. The number of ether oxygens (including phenoxy) is 2. The Morgan fingerprint density at radius 3 is 2.50 bits per heavy atom. The molecule has 20 heavy (non-hydrogen) atoms. The molecule has 1 atom stereocenters. The van der Waals surface area contributed by atoms with Gasteiger partial charge in [-0.25, -0.2) is 0 Å². The third-order valence-electron chi connectivity index (χ3n) is 2.85. The summed E-state index contributed by atoms with van der Waals surface area (Å²) in [5.74, 6) is -0.0296. The topological polar surface area (TPSA) is 84.9 Å². The van der Waals surface area contributed by atoms with Crippen LogP contribution in [0.1, 0.15) is 31.4 Å². The monoisotopic (exact) mass is 281 g/mol. The minimum atomic E-state index is -0.991. The summed E-state index contributed by atoms with van der Waals surface area (Å²) in [5, 5.41) is 11.3. The van der Waals surface area contributed by atoms with Crippen molar-refractivity contribution in [1.29, 1.82) is 0 Å². The molecule has 1 rings (SSSR count). The molecule has 0 fully saturated rings. The molecule has 2 N–H and O–H groups in total. The molecule has 0 aromatic heterocycles. The van der Waals surface area contributed by atoms with Gasteiger partial charge in [-0.3, -0.25) is 9.59 Å². The largest absolute Gasteiger partial charge is 0.497 e. The van der Waals surface area contributed by atoms with Crippen molar-refractivity contribution in [2.24, 2.45) is 0 Å². The zero-order chi connectivity index (χ0) is 15.1. The third-order valence-corrected chi connectivity index (χ3v) is 2.85. The molecule has 0 saturated heterocycles. The van der Waals surface area contributed by atoms with Gasteiger partial charge < -0.3 is 19.9 Å². The minimum absolute atomic E-state index is 0.0435. The molecule has 1 unspecified atom stereocenters. The van der Waals surface area contributed by atoms with E-state index in [1.807, 2.05) is 6.92 Å². The highest BCUT2D eigenvalue weighted by molar-refractivity contribution is 5.81. The summed E-state index contributed by atoms with van der Waals surface area (Å²) < 4.78 is 10.4. The summed E-state index contributed by atoms with van der Waals surface area (Å²) >= 11 is 0. The van der Waals surface area contributed by atoms with Crippen LogP contribution in [0.4, 0.5) is 0 Å². The first-order chi connectivity index (χ1) is 9.47. The SMILES string of the molecule is COc1ccc(C(C)NC(=O)CCC(=O)O)c(OC)c1. The molecule has 0 radical (unpaired) electrons. The second kappa shape index (κ2) is 7.37. The van der Waals surface area contributed by atoms with Crippen molar-refractivity contribution in [3.63, 3.8) is 0 Å². The van der Waals surface area contributed by atoms with Crippen LogP contribution in [-0.2, 0) is 9.59 Å². The lowest BCUT2D eigenvalue weighted by Crippen LogP contribution is -2.27. The van der Waals surface area contributed by atoms with Crippen LogP contribution in [0, 0.1) is 0 Å². The number of carboxylic acid groups (broad SMARTS) is 1. The highest BCUT2D eigenvalue weighted by Gasteiger charge is 2.15. The van der Waals surface area contributed by atoms with E-state index in [9.17, 15) is 9.59 Å². The van der Waals surface area contributed by atoms with E-state index >= 15 is 0 Å². The predicted octanol–water partition coefficient (Wildman–Crippen LogP) is 1.75. The molecule has 6 heteroatoms. The van der Waals surface area contributed by atoms with Gasteiger partial charge >= 0.3 is 5.97 Å². The molecule has 6 nitrogen and oxygen atoms in total. The molecule has 0 aliphatic rings. The van der Waals surface area contributed by atoms with E-state index in [2.05, 4.69) is 5.32 Å². The number of hydrogen-bond donors (Lipinski definition) is 2. The molecule has 0 aliphatic heterocycles. The van der Waals surface area contributed by atoms with Crippen LogP contribution < -0.4 is 14.8 Å². The third kappa shape index (κ3) is 4.46. The van der Waals surface area contributed by atoms with E-state index in [0.717, 1.165) is 5.56 Å². The number of aliphatic carboxylic acids is 1. The molecule has 0 heterocycles. The second-order valence-corrected chi connectivity index (χ2v) is 4.29. The lowest BCUT2D eigenvalue weighted by molar-refractivity contribution is -0.138. The maximum atomic E-state index is 11.6. The van der Waals surface area contributed by atoms with Crippen LogP contribution in [-0.4, -0.2) is 31.2 Å². The summed E-state index contributed by atoms with van der Waals surface area (Å²) in [6.07, 6.45) is -0.226. The van der Waals surface area contributed by atoms with E-state index in [1.165, 1.54) is 7.11 Å². The lowest BCUT2D eigenvalue weighted by Gasteiger charge is -2.18. The maximum absolute atomic E-state index is 11.6. The van der Waals surface area contributed by atoms with Crippen molar-refractivity contribution in [1.82, 2.24) is 5.32 Å². The quantitative estimate of drug-likeness (QED) is 0.795. The highest BCUT2D eigenvalue weighted by Crippen LogP contribution is 2.29. The molecular formula is C14H19NO5. The number of nitrogens with one attached hydrogen (secondary N) is 1. The first-order valence-electron chi connectivity index (χ1n) is 6.21. The summed E-state index contributed by atoms with van der Waals surface area (Å²) in [6, 6.07) is 5.03. The number of benzene rings is 1. The van der Waals surface area contributed by atoms with Crippen LogP contribution >= 0.6 is 0 Å². The Morgan fingerprint density at radius 1 is 1.25 bits per heavy atom. The van der Waals surface area contributed by atoms with E-state index in [1.54, 1.807) is 25.3 Å². The van der Waals surface area contributed by atoms with E-state index < -0.39 is 5.97 Å². The highest BCUT2D eigenvalue weighted by atomic mass is 16.5. The van der Waals surface area contributed by atoms with Gasteiger partial charge in [0, 0.05) is 18.1 Å². The normalized spacial score (nSPS) is 11.6. The van der Waals surface area contributed by atoms with Gasteiger partial charge in [0.2, 0.25) is 5.91 Å². The fraction of sp³-hybridized carbons (Fsp3) is 0.429. The Labute approximate surface area is 117 Å². The van der Waals surface area contributed by atoms with Crippen LogP contribution in [0.3, 0.4) is 0 Å². The first-order valence-corrected chi connectivity index (χ1v) is 6.21.